The molecular formula is C34H22N2O16S3. The Morgan fingerprint density at radius 1 is 0.618 bits per heavy atom. The fourth-order valence-electron chi connectivity index (χ4n) is 5.86. The highest BCUT2D eigenvalue weighted by molar-refractivity contribution is 7.92. The molecule has 0 saturated carbocycles. The molecule has 55 heavy (non-hydrogen) atoms. The van der Waals surface area contributed by atoms with Gasteiger partial charge in [-0.1, -0.05) is 0 Å². The lowest BCUT2D eigenvalue weighted by atomic mass is 10.0. The zero-order valence-electron chi connectivity index (χ0n) is 27.8. The van der Waals surface area contributed by atoms with E-state index >= 15 is 0 Å². The van der Waals surface area contributed by atoms with Crippen LogP contribution in [0.3, 0.4) is 0 Å². The fourth-order valence-corrected chi connectivity index (χ4v) is 8.87. The molecule has 4 aromatic carbocycles. The largest absolute Gasteiger partial charge is 0.497 e. The Kier molecular flexibility index (Phi) is 8.65. The number of anilines is 2. The van der Waals surface area contributed by atoms with Gasteiger partial charge < -0.3 is 28.9 Å². The maximum absolute atomic E-state index is 13.9. The average molecular weight is 811 g/mol. The standard InChI is InChI=1S/C34H22N2O16S3/c1-49-17-5-3-15-7-21(33(39)51-25(15)9-17)31(37)35-23-13-27-19(11-29(23)54(43,44)45)20-12-30(55(46,47)48)24(14-28(20)53(27,41)42)36-32(38)22-8-16-4-6-18(50-2)10-26(16)52-34(22)40/h3-14H,1-2H3,(H,35,37)(H,36,38)(H,43,44,45)(H,46,47,48). The van der Waals surface area contributed by atoms with Gasteiger partial charge in [0.25, 0.3) is 32.1 Å². The zero-order valence-corrected chi connectivity index (χ0v) is 30.2. The number of fused-ring (bicyclic) bond motifs is 5. The Hall–Kier alpha value is -6.39. The molecule has 0 aliphatic carbocycles. The van der Waals surface area contributed by atoms with Crippen LogP contribution in [0.15, 0.2) is 111 Å². The Morgan fingerprint density at radius 3 is 1.35 bits per heavy atom. The number of hydrogen-bond acceptors (Lipinski definition) is 14. The Labute approximate surface area is 308 Å². The Morgan fingerprint density at radius 2 is 1.00 bits per heavy atom. The van der Waals surface area contributed by atoms with Gasteiger partial charge >= 0.3 is 11.3 Å². The molecule has 18 nitrogen and oxygen atoms in total. The van der Waals surface area contributed by atoms with Crippen molar-refractivity contribution in [1.82, 2.24) is 0 Å². The molecule has 0 bridgehead atoms. The van der Waals surface area contributed by atoms with E-state index in [1.807, 2.05) is 0 Å². The van der Waals surface area contributed by atoms with E-state index in [4.69, 9.17) is 18.3 Å². The summed E-state index contributed by atoms with van der Waals surface area (Å²) in [6.07, 6.45) is 0. The first kappa shape index (κ1) is 36.9. The van der Waals surface area contributed by atoms with E-state index in [0.29, 0.717) is 35.8 Å². The highest BCUT2D eigenvalue weighted by Crippen LogP contribution is 2.48. The van der Waals surface area contributed by atoms with Crippen LogP contribution in [0.2, 0.25) is 0 Å². The average Bonchev–Trinajstić information content (AvgIpc) is 3.33. The quantitative estimate of drug-likeness (QED) is 0.126. The SMILES string of the molecule is COc1ccc2cc(C(=O)Nc3cc4c(cc3S(=O)(=O)O)-c3cc(S(=O)(=O)O)c(NC(=O)c5cc6ccc(OC)cc6oc5=O)cc3S4(=O)=O)c(=O)oc2c1. The van der Waals surface area contributed by atoms with Gasteiger partial charge in [-0.15, -0.1) is 0 Å². The number of ether oxygens (including phenoxy) is 2. The van der Waals surface area contributed by atoms with Crippen LogP contribution in [0.1, 0.15) is 20.7 Å². The van der Waals surface area contributed by atoms with E-state index in [2.05, 4.69) is 10.6 Å². The van der Waals surface area contributed by atoms with E-state index in [9.17, 15) is 53.5 Å². The molecule has 0 fully saturated rings. The molecule has 6 aromatic rings. The number of methoxy groups -OCH3 is 2. The van der Waals surface area contributed by atoms with Gasteiger partial charge in [-0.2, -0.15) is 16.8 Å². The molecule has 3 heterocycles. The lowest BCUT2D eigenvalue weighted by Crippen LogP contribution is -2.22. The van der Waals surface area contributed by atoms with Gasteiger partial charge in [-0.3, -0.25) is 18.7 Å². The van der Waals surface area contributed by atoms with Crippen molar-refractivity contribution < 1.29 is 62.3 Å². The Bertz CT molecular complexity index is 2960. The van der Waals surface area contributed by atoms with E-state index in [1.54, 1.807) is 0 Å². The van der Waals surface area contributed by atoms with Gasteiger partial charge in [0.05, 0.1) is 35.4 Å². The molecular weight excluding hydrogens is 789 g/mol. The van der Waals surface area contributed by atoms with Crippen LogP contribution >= 0.6 is 0 Å². The van der Waals surface area contributed by atoms with Crippen molar-refractivity contribution in [2.24, 2.45) is 0 Å². The number of hydrogen-bond donors (Lipinski definition) is 4. The maximum atomic E-state index is 13.9. The van der Waals surface area contributed by atoms with Crippen molar-refractivity contribution in [3.63, 3.8) is 0 Å². The predicted molar refractivity (Wildman–Crippen MR) is 191 cm³/mol. The van der Waals surface area contributed by atoms with Gasteiger partial charge in [-0.05, 0) is 60.7 Å². The molecule has 1 aliphatic rings. The number of nitrogens with one attached hydrogen (secondary N) is 2. The zero-order chi connectivity index (χ0) is 39.8. The topological polar surface area (TPSA) is 280 Å². The second kappa shape index (κ2) is 12.9. The summed E-state index contributed by atoms with van der Waals surface area (Å²) in [7, 11) is -12.6. The molecule has 2 aromatic heterocycles. The first-order chi connectivity index (χ1) is 25.8. The van der Waals surface area contributed by atoms with Crippen LogP contribution in [0.25, 0.3) is 33.1 Å². The molecule has 0 unspecified atom stereocenters. The van der Waals surface area contributed by atoms with E-state index in [0.717, 1.165) is 12.1 Å². The monoisotopic (exact) mass is 810 g/mol. The third-order valence-corrected chi connectivity index (χ3v) is 12.1. The van der Waals surface area contributed by atoms with Gasteiger partial charge in [0, 0.05) is 34.0 Å². The van der Waals surface area contributed by atoms with Gasteiger partial charge in [-0.25, -0.2) is 18.0 Å². The highest BCUT2D eigenvalue weighted by atomic mass is 32.2. The summed E-state index contributed by atoms with van der Waals surface area (Å²) in [5.74, 6) is -1.85. The van der Waals surface area contributed by atoms with Crippen molar-refractivity contribution in [3.8, 4) is 22.6 Å². The molecule has 2 amide bonds. The minimum atomic E-state index is -5.29. The normalized spacial score (nSPS) is 13.2. The molecule has 4 N–H and O–H groups in total. The maximum Gasteiger partial charge on any atom is 0.349 e. The summed E-state index contributed by atoms with van der Waals surface area (Å²) in [5.41, 5.74) is -6.11. The van der Waals surface area contributed by atoms with Gasteiger partial charge in [0.15, 0.2) is 0 Å². The summed E-state index contributed by atoms with van der Waals surface area (Å²) in [6, 6.07) is 13.5. The summed E-state index contributed by atoms with van der Waals surface area (Å²) in [5, 5.41) is 4.72. The van der Waals surface area contributed by atoms with E-state index in [1.165, 1.54) is 50.6 Å². The van der Waals surface area contributed by atoms with Crippen molar-refractivity contribution in [3.05, 3.63) is 105 Å². The lowest BCUT2D eigenvalue weighted by molar-refractivity contribution is 0.101. The number of rotatable bonds is 8. The summed E-state index contributed by atoms with van der Waals surface area (Å²) < 4.78 is 119. The molecule has 0 atom stereocenters. The van der Waals surface area contributed by atoms with E-state index in [-0.39, 0.29) is 21.9 Å². The molecule has 0 radical (unpaired) electrons. The third kappa shape index (κ3) is 6.48. The molecule has 282 valence electrons. The van der Waals surface area contributed by atoms with Crippen LogP contribution in [-0.2, 0) is 30.1 Å². The van der Waals surface area contributed by atoms with Crippen LogP contribution in [0, 0.1) is 0 Å². The van der Waals surface area contributed by atoms with Crippen LogP contribution in [0.5, 0.6) is 11.5 Å². The van der Waals surface area contributed by atoms with Crippen LogP contribution in [0.4, 0.5) is 11.4 Å². The third-order valence-electron chi connectivity index (χ3n) is 8.46. The molecule has 7 rings (SSSR count). The second-order valence-corrected chi connectivity index (χ2v) is 16.4. The van der Waals surface area contributed by atoms with Crippen LogP contribution < -0.4 is 31.4 Å². The predicted octanol–water partition coefficient (Wildman–Crippen LogP) is 3.73. The molecule has 0 spiro atoms. The number of carbonyl (C=O) groups is 2. The number of amides is 2. The van der Waals surface area contributed by atoms with Crippen molar-refractivity contribution in [2.45, 2.75) is 19.6 Å². The van der Waals surface area contributed by atoms with E-state index < -0.39 is 106 Å². The van der Waals surface area contributed by atoms with Crippen molar-refractivity contribution in [2.75, 3.05) is 24.9 Å². The minimum absolute atomic E-state index is 0.0440. The molecule has 0 saturated heterocycles. The molecule has 1 aliphatic heterocycles. The minimum Gasteiger partial charge on any atom is -0.497 e. The smallest absolute Gasteiger partial charge is 0.349 e. The first-order valence-corrected chi connectivity index (χ1v) is 19.6. The van der Waals surface area contributed by atoms with Gasteiger partial charge in [0.2, 0.25) is 9.84 Å². The first-order valence-electron chi connectivity index (χ1n) is 15.2. The summed E-state index contributed by atoms with van der Waals surface area (Å²) in [6.45, 7) is 0. The highest BCUT2D eigenvalue weighted by Gasteiger charge is 2.38. The Balaban J connectivity index is 1.31. The number of sulfone groups is 1. The van der Waals surface area contributed by atoms with Crippen molar-refractivity contribution >= 4 is 75.2 Å². The fraction of sp³-hybridized carbons (Fsp3) is 0.0588. The van der Waals surface area contributed by atoms with Crippen molar-refractivity contribution in [1.29, 1.82) is 0 Å². The number of carbonyl (C=O) groups excluding carboxylic acids is 2. The second-order valence-electron chi connectivity index (χ2n) is 11.8. The number of benzene rings is 4. The molecule has 21 heteroatoms. The van der Waals surface area contributed by atoms with Crippen LogP contribution in [-0.4, -0.2) is 60.4 Å². The summed E-state index contributed by atoms with van der Waals surface area (Å²) >= 11 is 0. The lowest BCUT2D eigenvalue weighted by Gasteiger charge is -2.13. The van der Waals surface area contributed by atoms with Gasteiger partial charge in [0.1, 0.15) is 43.6 Å². The summed E-state index contributed by atoms with van der Waals surface area (Å²) in [4.78, 5) is 48.6.